The van der Waals surface area contributed by atoms with E-state index in [1.807, 2.05) is 50.1 Å². The zero-order valence-corrected chi connectivity index (χ0v) is 14.3. The van der Waals surface area contributed by atoms with Crippen LogP contribution in [0.4, 0.5) is 4.39 Å². The normalized spacial score (nSPS) is 17.0. The van der Waals surface area contributed by atoms with Gasteiger partial charge in [-0.25, -0.2) is 4.39 Å². The van der Waals surface area contributed by atoms with Crippen LogP contribution in [0.2, 0.25) is 0 Å². The largest absolute Gasteiger partial charge is 0.349 e. The van der Waals surface area contributed by atoms with E-state index in [-0.39, 0.29) is 11.2 Å². The maximum absolute atomic E-state index is 13.3. The van der Waals surface area contributed by atoms with Crippen LogP contribution < -0.4 is 0 Å². The van der Waals surface area contributed by atoms with Crippen LogP contribution in [0.25, 0.3) is 0 Å². The molecule has 1 aliphatic rings. The predicted molar refractivity (Wildman–Crippen MR) is 90.8 cm³/mol. The van der Waals surface area contributed by atoms with Gasteiger partial charge < -0.3 is 9.80 Å². The predicted octanol–water partition coefficient (Wildman–Crippen LogP) is 3.51. The zero-order valence-electron chi connectivity index (χ0n) is 14.3. The molecule has 0 amide bonds. The Kier molecular flexibility index (Phi) is 5.43. The Morgan fingerprint density at radius 1 is 1.00 bits per heavy atom. The Bertz CT molecular complexity index is 490. The zero-order chi connectivity index (χ0) is 16.2. The highest BCUT2D eigenvalue weighted by molar-refractivity contribution is 5.79. The third-order valence-electron chi connectivity index (χ3n) is 4.59. The third kappa shape index (κ3) is 3.79. The van der Waals surface area contributed by atoms with Crippen LogP contribution in [-0.4, -0.2) is 50.5 Å². The summed E-state index contributed by atoms with van der Waals surface area (Å²) in [6, 6.07) is 7.05. The van der Waals surface area contributed by atoms with Crippen molar-refractivity contribution in [2.24, 2.45) is 4.99 Å². The molecule has 3 nitrogen and oxygen atoms in total. The van der Waals surface area contributed by atoms with Crippen molar-refractivity contribution in [3.8, 4) is 0 Å². The smallest absolute Gasteiger partial charge is 0.195 e. The second-order valence-electron chi connectivity index (χ2n) is 6.75. The summed E-state index contributed by atoms with van der Waals surface area (Å²) in [4.78, 5) is 8.98. The quantitative estimate of drug-likeness (QED) is 0.628. The molecule has 122 valence electrons. The van der Waals surface area contributed by atoms with Crippen LogP contribution >= 0.6 is 0 Å². The molecule has 1 fully saturated rings. The number of rotatable bonds is 3. The lowest BCUT2D eigenvalue weighted by Crippen LogP contribution is -2.38. The van der Waals surface area contributed by atoms with E-state index in [1.165, 1.54) is 24.8 Å². The molecule has 0 aromatic heterocycles. The van der Waals surface area contributed by atoms with Gasteiger partial charge >= 0.3 is 0 Å². The molecule has 1 aromatic carbocycles. The molecule has 1 aromatic rings. The van der Waals surface area contributed by atoms with Gasteiger partial charge in [0, 0.05) is 33.6 Å². The minimum Gasteiger partial charge on any atom is -0.349 e. The fourth-order valence-corrected chi connectivity index (χ4v) is 3.47. The molecule has 0 aliphatic heterocycles. The Hall–Kier alpha value is -1.58. The Labute approximate surface area is 133 Å². The van der Waals surface area contributed by atoms with Gasteiger partial charge in [-0.1, -0.05) is 31.4 Å². The second kappa shape index (κ2) is 7.12. The molecular weight excluding hydrogens is 277 g/mol. The van der Waals surface area contributed by atoms with E-state index in [2.05, 4.69) is 0 Å². The summed E-state index contributed by atoms with van der Waals surface area (Å²) in [6.45, 7) is 0.768. The molecule has 2 rings (SSSR count). The highest BCUT2D eigenvalue weighted by atomic mass is 19.1. The molecule has 0 saturated heterocycles. The standard InChI is InChI=1S/C18H28FN3/c1-21(2)17(22(3)4)20-14-18(12-6-5-7-13-18)15-8-10-16(19)11-9-15/h8-11H,5-7,12-14H2,1-4H3. The van der Waals surface area contributed by atoms with E-state index in [1.54, 1.807) is 12.1 Å². The van der Waals surface area contributed by atoms with Gasteiger partial charge in [-0.15, -0.1) is 0 Å². The maximum Gasteiger partial charge on any atom is 0.195 e. The fraction of sp³-hybridized carbons (Fsp3) is 0.611. The number of aliphatic imine (C=N–C) groups is 1. The summed E-state index contributed by atoms with van der Waals surface area (Å²) < 4.78 is 13.3. The number of nitrogens with zero attached hydrogens (tertiary/aromatic N) is 3. The molecule has 0 N–H and O–H groups in total. The van der Waals surface area contributed by atoms with Crippen molar-refractivity contribution in [2.75, 3.05) is 34.7 Å². The molecule has 0 atom stereocenters. The second-order valence-corrected chi connectivity index (χ2v) is 6.75. The van der Waals surface area contributed by atoms with Crippen molar-refractivity contribution in [3.63, 3.8) is 0 Å². The van der Waals surface area contributed by atoms with Gasteiger partial charge in [0.05, 0.1) is 6.54 Å². The van der Waals surface area contributed by atoms with E-state index in [0.717, 1.165) is 25.3 Å². The van der Waals surface area contributed by atoms with E-state index in [9.17, 15) is 4.39 Å². The van der Waals surface area contributed by atoms with Crippen molar-refractivity contribution < 1.29 is 4.39 Å². The van der Waals surface area contributed by atoms with Crippen LogP contribution in [0.1, 0.15) is 37.7 Å². The van der Waals surface area contributed by atoms with Crippen molar-refractivity contribution >= 4 is 5.96 Å². The van der Waals surface area contributed by atoms with Gasteiger partial charge in [-0.05, 0) is 30.5 Å². The molecule has 4 heteroatoms. The first-order chi connectivity index (χ1) is 10.4. The summed E-state index contributed by atoms with van der Waals surface area (Å²) in [6.07, 6.45) is 6.02. The van der Waals surface area contributed by atoms with Crippen LogP contribution in [-0.2, 0) is 5.41 Å². The minimum absolute atomic E-state index is 0.0588. The lowest BCUT2D eigenvalue weighted by molar-refractivity contribution is 0.298. The molecule has 0 radical (unpaired) electrons. The van der Waals surface area contributed by atoms with Gasteiger partial charge in [0.15, 0.2) is 5.96 Å². The summed E-state index contributed by atoms with van der Waals surface area (Å²) in [5, 5.41) is 0. The molecule has 1 aliphatic carbocycles. The molecular formula is C18H28FN3. The van der Waals surface area contributed by atoms with Crippen molar-refractivity contribution in [3.05, 3.63) is 35.6 Å². The number of guanidine groups is 1. The first kappa shape index (κ1) is 16.8. The molecule has 1 saturated carbocycles. The average Bonchev–Trinajstić information content (AvgIpc) is 2.48. The highest BCUT2D eigenvalue weighted by Crippen LogP contribution is 2.39. The molecule has 0 heterocycles. The summed E-state index contributed by atoms with van der Waals surface area (Å²) >= 11 is 0. The summed E-state index contributed by atoms with van der Waals surface area (Å²) in [5.74, 6) is 0.813. The first-order valence-electron chi connectivity index (χ1n) is 8.10. The molecule has 0 unspecified atom stereocenters. The number of hydrogen-bond donors (Lipinski definition) is 0. The summed E-state index contributed by atoms with van der Waals surface area (Å²) in [7, 11) is 8.07. The van der Waals surface area contributed by atoms with Gasteiger partial charge in [-0.2, -0.15) is 0 Å². The van der Waals surface area contributed by atoms with Gasteiger partial charge in [0.2, 0.25) is 0 Å². The third-order valence-corrected chi connectivity index (χ3v) is 4.59. The van der Waals surface area contributed by atoms with E-state index >= 15 is 0 Å². The van der Waals surface area contributed by atoms with Gasteiger partial charge in [0.1, 0.15) is 5.82 Å². The van der Waals surface area contributed by atoms with Crippen molar-refractivity contribution in [1.82, 2.24) is 9.80 Å². The summed E-state index contributed by atoms with van der Waals surface area (Å²) in [5.41, 5.74) is 1.29. The minimum atomic E-state index is -0.166. The van der Waals surface area contributed by atoms with E-state index in [4.69, 9.17) is 4.99 Å². The fourth-order valence-electron chi connectivity index (χ4n) is 3.47. The van der Waals surface area contributed by atoms with Crippen LogP contribution in [0.5, 0.6) is 0 Å². The first-order valence-corrected chi connectivity index (χ1v) is 8.10. The van der Waals surface area contributed by atoms with Crippen molar-refractivity contribution in [1.29, 1.82) is 0 Å². The van der Waals surface area contributed by atoms with Crippen LogP contribution in [0.3, 0.4) is 0 Å². The lowest BCUT2D eigenvalue weighted by Gasteiger charge is -2.37. The molecule has 22 heavy (non-hydrogen) atoms. The Morgan fingerprint density at radius 3 is 2.05 bits per heavy atom. The number of hydrogen-bond acceptors (Lipinski definition) is 1. The SMILES string of the molecule is CN(C)C(=NCC1(c2ccc(F)cc2)CCCCC1)N(C)C. The van der Waals surface area contributed by atoms with Gasteiger partial charge in [-0.3, -0.25) is 4.99 Å². The monoisotopic (exact) mass is 305 g/mol. The van der Waals surface area contributed by atoms with Gasteiger partial charge in [0.25, 0.3) is 0 Å². The van der Waals surface area contributed by atoms with Crippen LogP contribution in [0, 0.1) is 5.82 Å². The Morgan fingerprint density at radius 2 is 1.55 bits per heavy atom. The number of benzene rings is 1. The molecule has 0 spiro atoms. The van der Waals surface area contributed by atoms with Crippen LogP contribution in [0.15, 0.2) is 29.3 Å². The van der Waals surface area contributed by atoms with E-state index in [0.29, 0.717) is 0 Å². The maximum atomic E-state index is 13.3. The molecule has 0 bridgehead atoms. The Balaban J connectivity index is 2.30. The number of halogens is 1. The topological polar surface area (TPSA) is 18.8 Å². The highest BCUT2D eigenvalue weighted by Gasteiger charge is 2.34. The van der Waals surface area contributed by atoms with E-state index < -0.39 is 0 Å². The van der Waals surface area contributed by atoms with Crippen molar-refractivity contribution in [2.45, 2.75) is 37.5 Å². The lowest BCUT2D eigenvalue weighted by atomic mass is 9.69. The average molecular weight is 305 g/mol.